The smallest absolute Gasteiger partial charge is 0.0787 e. The van der Waals surface area contributed by atoms with E-state index >= 15 is 0 Å². The van der Waals surface area contributed by atoms with E-state index in [4.69, 9.17) is 0 Å². The lowest BCUT2D eigenvalue weighted by atomic mass is 9.59. The molecule has 0 spiro atoms. The van der Waals surface area contributed by atoms with Crippen molar-refractivity contribution in [1.82, 2.24) is 0 Å². The van der Waals surface area contributed by atoms with Gasteiger partial charge in [-0.25, -0.2) is 0 Å². The monoisotopic (exact) mass is 428 g/mol. The van der Waals surface area contributed by atoms with Crippen LogP contribution in [0.2, 0.25) is 0 Å². The number of hydrogen-bond acceptors (Lipinski definition) is 2. The van der Waals surface area contributed by atoms with Crippen molar-refractivity contribution in [3.63, 3.8) is 0 Å². The minimum atomic E-state index is -0.555. The predicted molar refractivity (Wildman–Crippen MR) is 132 cm³/mol. The highest BCUT2D eigenvalue weighted by Gasteiger charge is 2.51. The van der Waals surface area contributed by atoms with Crippen molar-refractivity contribution in [3.05, 3.63) is 35.5 Å². The highest BCUT2D eigenvalue weighted by atomic mass is 16.3. The first-order valence-corrected chi connectivity index (χ1v) is 12.9. The lowest BCUT2D eigenvalue weighted by Crippen LogP contribution is -2.37. The van der Waals surface area contributed by atoms with Gasteiger partial charge in [-0.15, -0.1) is 0 Å². The van der Waals surface area contributed by atoms with Crippen LogP contribution < -0.4 is 0 Å². The van der Waals surface area contributed by atoms with Crippen LogP contribution in [0, 0.1) is 35.0 Å². The third-order valence-electron chi connectivity index (χ3n) is 9.40. The van der Waals surface area contributed by atoms with Crippen LogP contribution in [0.15, 0.2) is 35.5 Å². The summed E-state index contributed by atoms with van der Waals surface area (Å²) in [5.74, 6) is 3.24. The number of hydrogen-bond donors (Lipinski definition) is 2. The summed E-state index contributed by atoms with van der Waals surface area (Å²) in [5, 5.41) is 20.5. The van der Waals surface area contributed by atoms with E-state index in [2.05, 4.69) is 46.4 Å². The Hall–Kier alpha value is -0.860. The minimum Gasteiger partial charge on any atom is -0.390 e. The van der Waals surface area contributed by atoms with E-state index in [1.807, 2.05) is 13.8 Å². The predicted octanol–water partition coefficient (Wildman–Crippen LogP) is 7.23. The van der Waals surface area contributed by atoms with Gasteiger partial charge in [-0.05, 0) is 112 Å². The van der Waals surface area contributed by atoms with Gasteiger partial charge in [0.05, 0.1) is 11.7 Å². The molecule has 0 aromatic rings. The summed E-state index contributed by atoms with van der Waals surface area (Å²) < 4.78 is 0. The topological polar surface area (TPSA) is 40.5 Å². The van der Waals surface area contributed by atoms with E-state index in [1.165, 1.54) is 37.7 Å². The summed E-state index contributed by atoms with van der Waals surface area (Å²) in [4.78, 5) is 0. The molecule has 2 N–H and O–H groups in total. The van der Waals surface area contributed by atoms with Crippen molar-refractivity contribution >= 4 is 0 Å². The summed E-state index contributed by atoms with van der Waals surface area (Å²) in [6.07, 6.45) is 14.8. The molecule has 0 radical (unpaired) electrons. The average Bonchev–Trinajstić information content (AvgIpc) is 3.04. The fourth-order valence-electron chi connectivity index (χ4n) is 7.06. The van der Waals surface area contributed by atoms with Crippen LogP contribution in [-0.2, 0) is 0 Å². The van der Waals surface area contributed by atoms with Gasteiger partial charge in [0.2, 0.25) is 0 Å². The minimum absolute atomic E-state index is 0.368. The van der Waals surface area contributed by atoms with Gasteiger partial charge in [-0.1, -0.05) is 57.6 Å². The zero-order chi connectivity index (χ0) is 23.0. The Morgan fingerprint density at radius 1 is 1.19 bits per heavy atom. The van der Waals surface area contributed by atoms with Crippen LogP contribution in [0.5, 0.6) is 0 Å². The van der Waals surface area contributed by atoms with Gasteiger partial charge < -0.3 is 10.2 Å². The Morgan fingerprint density at radius 3 is 2.55 bits per heavy atom. The second-order valence-corrected chi connectivity index (χ2v) is 12.2. The second kappa shape index (κ2) is 9.56. The molecule has 2 heteroatoms. The normalized spacial score (nSPS) is 39.0. The highest BCUT2D eigenvalue weighted by molar-refractivity contribution is 5.29. The van der Waals surface area contributed by atoms with Crippen LogP contribution in [0.3, 0.4) is 0 Å². The van der Waals surface area contributed by atoms with Crippen molar-refractivity contribution < 1.29 is 10.2 Å². The van der Waals surface area contributed by atoms with Gasteiger partial charge in [0.15, 0.2) is 0 Å². The van der Waals surface area contributed by atoms with Gasteiger partial charge in [0.25, 0.3) is 0 Å². The molecule has 0 aliphatic heterocycles. The lowest BCUT2D eigenvalue weighted by Gasteiger charge is -2.45. The van der Waals surface area contributed by atoms with Gasteiger partial charge in [0.1, 0.15) is 0 Å². The largest absolute Gasteiger partial charge is 0.390 e. The Balaban J connectivity index is 1.71. The molecule has 2 nitrogen and oxygen atoms in total. The summed E-state index contributed by atoms with van der Waals surface area (Å²) in [7, 11) is 0. The quantitative estimate of drug-likeness (QED) is 0.438. The molecule has 7 atom stereocenters. The molecule has 31 heavy (non-hydrogen) atoms. The van der Waals surface area contributed by atoms with E-state index in [-0.39, 0.29) is 6.10 Å². The molecule has 0 heterocycles. The second-order valence-electron chi connectivity index (χ2n) is 12.2. The maximum Gasteiger partial charge on any atom is 0.0787 e. The van der Waals surface area contributed by atoms with E-state index in [0.29, 0.717) is 29.1 Å². The van der Waals surface area contributed by atoms with Gasteiger partial charge >= 0.3 is 0 Å². The molecule has 2 unspecified atom stereocenters. The zero-order valence-electron chi connectivity index (χ0n) is 21.1. The molecule has 0 bridgehead atoms. The number of rotatable bonds is 6. The first-order valence-electron chi connectivity index (χ1n) is 12.9. The lowest BCUT2D eigenvalue weighted by molar-refractivity contribution is 0.0447. The number of aliphatic hydroxyl groups is 2. The van der Waals surface area contributed by atoms with Gasteiger partial charge in [0, 0.05) is 0 Å². The van der Waals surface area contributed by atoms with Crippen LogP contribution in [0.1, 0.15) is 99.3 Å². The first kappa shape index (κ1) is 24.8. The summed E-state index contributed by atoms with van der Waals surface area (Å²) >= 11 is 0. The molecule has 0 amide bonds. The summed E-state index contributed by atoms with van der Waals surface area (Å²) in [5.41, 5.74) is 3.91. The van der Waals surface area contributed by atoms with E-state index in [1.54, 1.807) is 5.57 Å². The molecular weight excluding hydrogens is 380 g/mol. The maximum absolute atomic E-state index is 10.3. The highest BCUT2D eigenvalue weighted by Crippen LogP contribution is 2.60. The van der Waals surface area contributed by atoms with Crippen molar-refractivity contribution in [2.45, 2.75) is 111 Å². The molecule has 3 saturated carbocycles. The van der Waals surface area contributed by atoms with Crippen molar-refractivity contribution in [1.29, 1.82) is 0 Å². The van der Waals surface area contributed by atoms with Crippen LogP contribution in [0.4, 0.5) is 0 Å². The molecule has 3 fully saturated rings. The fourth-order valence-corrected chi connectivity index (χ4v) is 7.06. The Kier molecular flexibility index (Phi) is 7.64. The summed E-state index contributed by atoms with van der Waals surface area (Å²) in [6.45, 7) is 17.6. The Morgan fingerprint density at radius 2 is 1.90 bits per heavy atom. The van der Waals surface area contributed by atoms with Gasteiger partial charge in [-0.2, -0.15) is 0 Å². The van der Waals surface area contributed by atoms with Crippen molar-refractivity contribution in [2.24, 2.45) is 35.0 Å². The molecule has 0 aromatic heterocycles. The zero-order valence-corrected chi connectivity index (χ0v) is 21.1. The summed E-state index contributed by atoms with van der Waals surface area (Å²) in [6, 6.07) is 0. The first-order chi connectivity index (χ1) is 14.4. The average molecular weight is 429 g/mol. The molecule has 176 valence electrons. The van der Waals surface area contributed by atoms with E-state index in [0.717, 1.165) is 37.2 Å². The number of fused-ring (bicyclic) bond motifs is 1. The number of allylic oxidation sites excluding steroid dienone is 3. The number of aliphatic hydroxyl groups excluding tert-OH is 1. The van der Waals surface area contributed by atoms with Crippen LogP contribution in [-0.4, -0.2) is 21.9 Å². The molecule has 0 saturated heterocycles. The SMILES string of the molecule is C=C1[C@H](C)C/C(=C/C=C2\CCC[C@@]3(C)C2CCC3[C@@H](C)[C@H](C)CCC(C)(C)O)C[C@H]1O. The molecule has 3 aliphatic carbocycles. The van der Waals surface area contributed by atoms with E-state index < -0.39 is 5.60 Å². The standard InChI is InChI=1S/C29H48O2/c1-19(14-16-28(5,6)31)21(3)25-12-13-26-24(9-8-15-29(25,26)7)11-10-23-17-20(2)22(4)27(30)18-23/h10-11,19-21,25-27,30-31H,4,8-9,12-18H2,1-3,5-7H3/b23-10-,24-11+/t19-,20-,21+,25?,26?,27-,29-/m1/s1. The maximum atomic E-state index is 10.3. The molecule has 3 aliphatic rings. The molecular formula is C29H48O2. The van der Waals surface area contributed by atoms with E-state index in [9.17, 15) is 10.2 Å². The molecule has 3 rings (SSSR count). The van der Waals surface area contributed by atoms with Gasteiger partial charge in [-0.3, -0.25) is 0 Å². The Labute approximate surface area is 191 Å². The third kappa shape index (κ3) is 5.56. The van der Waals surface area contributed by atoms with Crippen molar-refractivity contribution in [2.75, 3.05) is 0 Å². The third-order valence-corrected chi connectivity index (χ3v) is 9.40. The Bertz CT molecular complexity index is 693. The molecule has 0 aromatic carbocycles. The van der Waals surface area contributed by atoms with Crippen LogP contribution in [0.25, 0.3) is 0 Å². The van der Waals surface area contributed by atoms with Crippen molar-refractivity contribution in [3.8, 4) is 0 Å². The fraction of sp³-hybridized carbons (Fsp3) is 0.793. The van der Waals surface area contributed by atoms with Crippen LogP contribution >= 0.6 is 0 Å².